The Morgan fingerprint density at radius 1 is 1.18 bits per heavy atom. The number of thioether (sulfide) groups is 1. The number of H-pyrrole nitrogens is 1. The van der Waals surface area contributed by atoms with Crippen molar-refractivity contribution in [3.63, 3.8) is 0 Å². The quantitative estimate of drug-likeness (QED) is 0.0501. The fourth-order valence-electron chi connectivity index (χ4n) is 7.70. The first-order valence-corrected chi connectivity index (χ1v) is 19.9. The van der Waals surface area contributed by atoms with Crippen LogP contribution in [0, 0.1) is 0 Å². The summed E-state index contributed by atoms with van der Waals surface area (Å²) in [4.78, 5) is 94.1. The van der Waals surface area contributed by atoms with Crippen LogP contribution in [0.3, 0.4) is 0 Å². The molecular formula is C35H38ClN8O11S2+. The van der Waals surface area contributed by atoms with Crippen molar-refractivity contribution in [2.75, 3.05) is 38.5 Å². The number of quaternary nitrogens is 1. The van der Waals surface area contributed by atoms with Crippen LogP contribution >= 0.6 is 34.7 Å². The molecule has 3 amide bonds. The zero-order chi connectivity index (χ0) is 41.3. The predicted molar refractivity (Wildman–Crippen MR) is 207 cm³/mol. The van der Waals surface area contributed by atoms with Gasteiger partial charge < -0.3 is 50.7 Å². The van der Waals surface area contributed by atoms with E-state index in [0.717, 1.165) is 17.4 Å². The van der Waals surface area contributed by atoms with Crippen molar-refractivity contribution >= 4 is 86.1 Å². The van der Waals surface area contributed by atoms with Crippen LogP contribution in [0.25, 0.3) is 10.9 Å². The van der Waals surface area contributed by atoms with Gasteiger partial charge in [0.25, 0.3) is 17.7 Å². The first-order chi connectivity index (χ1) is 26.8. The number of β-lactam (4-membered cyclic amide) rings is 1. The Morgan fingerprint density at radius 2 is 1.88 bits per heavy atom. The van der Waals surface area contributed by atoms with Gasteiger partial charge in [-0.15, -0.1) is 23.1 Å². The van der Waals surface area contributed by atoms with E-state index in [0.29, 0.717) is 42.5 Å². The minimum absolute atomic E-state index is 0.0109. The smallest absolute Gasteiger partial charge is 0.352 e. The van der Waals surface area contributed by atoms with E-state index in [1.165, 1.54) is 42.1 Å². The van der Waals surface area contributed by atoms with Gasteiger partial charge in [-0.05, 0) is 20.8 Å². The highest BCUT2D eigenvalue weighted by molar-refractivity contribution is 8.00. The molecule has 1 aromatic carbocycles. The van der Waals surface area contributed by atoms with E-state index in [1.54, 1.807) is 4.90 Å². The maximum absolute atomic E-state index is 13.9. The van der Waals surface area contributed by atoms with Gasteiger partial charge in [0.05, 0.1) is 42.1 Å². The van der Waals surface area contributed by atoms with Gasteiger partial charge in [0.1, 0.15) is 34.9 Å². The maximum Gasteiger partial charge on any atom is 0.352 e. The number of aromatic nitrogens is 2. The number of carboxylic acids is 2. The molecule has 0 aliphatic carbocycles. The number of carboxylic acid groups (broad SMARTS) is 2. The largest absolute Gasteiger partial charge is 0.504 e. The van der Waals surface area contributed by atoms with Crippen LogP contribution in [0.1, 0.15) is 49.7 Å². The number of piperidine rings is 1. The average molecular weight is 846 g/mol. The van der Waals surface area contributed by atoms with Gasteiger partial charge in [-0.25, -0.2) is 14.6 Å². The third-order valence-corrected chi connectivity index (χ3v) is 13.5. The highest BCUT2D eigenvalue weighted by Crippen LogP contribution is 2.46. The van der Waals surface area contributed by atoms with E-state index in [9.17, 15) is 49.2 Å². The van der Waals surface area contributed by atoms with E-state index < -0.39 is 74.6 Å². The number of nitrogens with one attached hydrogen (secondary N) is 2. The molecular weight excluding hydrogens is 808 g/mol. The van der Waals surface area contributed by atoms with Crippen molar-refractivity contribution in [2.24, 2.45) is 5.16 Å². The molecule has 302 valence electrons. The minimum atomic E-state index is -1.81. The standard InChI is InChI=1S/C35H37ClN8O11S2/c1-14-17(12-44-7-4-15(5-8-44)42(6-9-44)29(49)16-11-38-18-10-20(45)27(47)22(36)21(18)26(16)46)25(32(51)52)43-30(50)24(31(43)57-14)40-28(48)23(19-13-56-34(37)39-19)41-55-35(2,3)33(53)54/h10-11,13-15,24,31H,4-9,12H2,1-3H3,(H7-,37,38,39,40,41,45,46,47,48,49,51,52,53,54)/p+1/t14-,15?,24+,31+,44?/m0/s1. The Hall–Kier alpha value is -5.38. The Balaban J connectivity index is 1.10. The molecule has 8 N–H and O–H groups in total. The van der Waals surface area contributed by atoms with Crippen molar-refractivity contribution in [1.82, 2.24) is 25.1 Å². The third-order valence-electron chi connectivity index (χ3n) is 11.0. The van der Waals surface area contributed by atoms with E-state index in [2.05, 4.69) is 20.4 Å². The Bertz CT molecular complexity index is 2370. The molecule has 3 aromatic rings. The lowest BCUT2D eigenvalue weighted by molar-refractivity contribution is -0.925. The molecule has 4 saturated heterocycles. The minimum Gasteiger partial charge on any atom is -0.504 e. The van der Waals surface area contributed by atoms with E-state index in [-0.39, 0.29) is 57.1 Å². The molecule has 19 nitrogen and oxygen atoms in total. The van der Waals surface area contributed by atoms with Crippen LogP contribution < -0.4 is 16.5 Å². The number of pyridine rings is 1. The number of aromatic hydroxyl groups is 2. The number of nitrogens with zero attached hydrogens (tertiary/aromatic N) is 5. The number of benzene rings is 1. The Morgan fingerprint density at radius 3 is 2.51 bits per heavy atom. The van der Waals surface area contributed by atoms with Gasteiger partial charge in [0, 0.05) is 47.3 Å². The molecule has 0 radical (unpaired) electrons. The molecule has 7 heterocycles. The number of carbonyl (C=O) groups is 5. The van der Waals surface area contributed by atoms with Crippen molar-refractivity contribution in [3.8, 4) is 11.5 Å². The van der Waals surface area contributed by atoms with Gasteiger partial charge >= 0.3 is 11.9 Å². The number of aromatic amines is 1. The molecule has 2 bridgehead atoms. The number of nitrogens with two attached hydrogens (primary N) is 1. The maximum atomic E-state index is 13.9. The number of phenols is 2. The molecule has 0 saturated carbocycles. The monoisotopic (exact) mass is 845 g/mol. The molecule has 2 aromatic heterocycles. The lowest BCUT2D eigenvalue weighted by atomic mass is 9.97. The molecule has 5 aliphatic heterocycles. The molecule has 4 fully saturated rings. The Labute approximate surface area is 336 Å². The number of rotatable bonds is 10. The summed E-state index contributed by atoms with van der Waals surface area (Å²) in [6, 6.07) is -0.207. The second-order valence-corrected chi connectivity index (χ2v) is 17.6. The molecule has 8 rings (SSSR count). The van der Waals surface area contributed by atoms with Crippen LogP contribution in [0.4, 0.5) is 5.13 Å². The number of nitrogen functional groups attached to an aromatic ring is 1. The SMILES string of the molecule is C[C@@H]1S[C@@H]2[C@H](NC(=O)C(=NOC(C)(C)C(=O)O)c3csc(N)n3)C(=O)N2C(C(=O)O)=C1C[N+]12CCC(CC1)N(C(=O)c1c[nH]c3cc(O)c(O)c(Cl)c3c1=O)CC2. The molecule has 22 heteroatoms. The number of anilines is 1. The number of aliphatic carboxylic acids is 2. The number of hydrogen-bond acceptors (Lipinski definition) is 14. The number of hydrogen-bond donors (Lipinski definition) is 7. The van der Waals surface area contributed by atoms with E-state index in [4.69, 9.17) is 22.2 Å². The van der Waals surface area contributed by atoms with Crippen molar-refractivity contribution in [2.45, 2.75) is 61.9 Å². The zero-order valence-corrected chi connectivity index (χ0v) is 33.0. The van der Waals surface area contributed by atoms with E-state index in [1.807, 2.05) is 6.92 Å². The van der Waals surface area contributed by atoms with Gasteiger partial charge in [0.2, 0.25) is 11.0 Å². The zero-order valence-electron chi connectivity index (χ0n) is 30.6. The fourth-order valence-corrected chi connectivity index (χ4v) is 9.97. The van der Waals surface area contributed by atoms with Gasteiger partial charge in [-0.1, -0.05) is 16.8 Å². The summed E-state index contributed by atoms with van der Waals surface area (Å²) in [6.45, 7) is 6.50. The summed E-state index contributed by atoms with van der Waals surface area (Å²) in [7, 11) is 0. The number of oxime groups is 1. The van der Waals surface area contributed by atoms with Crippen LogP contribution in [-0.2, 0) is 24.0 Å². The predicted octanol–water partition coefficient (Wildman–Crippen LogP) is 1.48. The molecule has 0 unspecified atom stereocenters. The third kappa shape index (κ3) is 6.91. The lowest BCUT2D eigenvalue weighted by Crippen LogP contribution is -2.72. The number of amides is 3. The summed E-state index contributed by atoms with van der Waals surface area (Å²) < 4.78 is 0.445. The topological polar surface area (TPSA) is 278 Å². The molecule has 3 atom stereocenters. The second kappa shape index (κ2) is 14.5. The fraction of sp³-hybridized carbons (Fsp3) is 0.429. The first-order valence-electron chi connectivity index (χ1n) is 17.7. The molecule has 0 spiro atoms. The number of thiazole rings is 1. The highest BCUT2D eigenvalue weighted by atomic mass is 35.5. The summed E-state index contributed by atoms with van der Waals surface area (Å²) in [6.07, 6.45) is 2.41. The normalized spacial score (nSPS) is 24.8. The summed E-state index contributed by atoms with van der Waals surface area (Å²) in [5, 5.41) is 46.2. The van der Waals surface area contributed by atoms with Crippen molar-refractivity contribution < 1.29 is 53.7 Å². The average Bonchev–Trinajstić information content (AvgIpc) is 3.40. The van der Waals surface area contributed by atoms with Gasteiger partial charge in [-0.3, -0.25) is 24.1 Å². The van der Waals surface area contributed by atoms with Crippen LogP contribution in [0.5, 0.6) is 11.5 Å². The van der Waals surface area contributed by atoms with Crippen LogP contribution in [0.2, 0.25) is 5.02 Å². The van der Waals surface area contributed by atoms with Crippen molar-refractivity contribution in [3.05, 3.63) is 55.4 Å². The summed E-state index contributed by atoms with van der Waals surface area (Å²) >= 11 is 8.51. The lowest BCUT2D eigenvalue weighted by Gasteiger charge is -2.52. The number of carbonyl (C=O) groups excluding carboxylic acids is 3. The van der Waals surface area contributed by atoms with E-state index >= 15 is 0 Å². The molecule has 5 aliphatic rings. The second-order valence-electron chi connectivity index (χ2n) is 14.8. The number of fused-ring (bicyclic) bond motifs is 6. The van der Waals surface area contributed by atoms with Gasteiger partial charge in [-0.2, -0.15) is 0 Å². The highest BCUT2D eigenvalue weighted by Gasteiger charge is 2.57. The number of halogens is 1. The molecule has 57 heavy (non-hydrogen) atoms. The van der Waals surface area contributed by atoms with Crippen molar-refractivity contribution in [1.29, 1.82) is 0 Å². The van der Waals surface area contributed by atoms with Crippen LogP contribution in [0.15, 0.2) is 38.9 Å². The first kappa shape index (κ1) is 39.8. The van der Waals surface area contributed by atoms with Crippen LogP contribution in [-0.4, -0.2) is 141 Å². The summed E-state index contributed by atoms with van der Waals surface area (Å²) in [5.41, 5.74) is 3.15. The summed E-state index contributed by atoms with van der Waals surface area (Å²) in [5.74, 6) is -5.94. The van der Waals surface area contributed by atoms with Gasteiger partial charge in [0.15, 0.2) is 22.3 Å². The Kier molecular flexibility index (Phi) is 10.2. The number of phenolic OH excluding ortho intramolecular Hbond substituents is 2.